The van der Waals surface area contributed by atoms with Gasteiger partial charge in [-0.15, -0.1) is 0 Å². The lowest BCUT2D eigenvalue weighted by molar-refractivity contribution is -0.152. The summed E-state index contributed by atoms with van der Waals surface area (Å²) >= 11 is 0. The van der Waals surface area contributed by atoms with Crippen LogP contribution in [-0.2, 0) is 23.7 Å². The predicted octanol–water partition coefficient (Wildman–Crippen LogP) is 2.01. The van der Waals surface area contributed by atoms with Crippen LogP contribution in [0.5, 0.6) is 0 Å². The van der Waals surface area contributed by atoms with Crippen molar-refractivity contribution >= 4 is 17.7 Å². The molecule has 0 N–H and O–H groups in total. The lowest BCUT2D eigenvalue weighted by atomic mass is 10.1. The molecule has 140 valence electrons. The molecule has 3 atom stereocenters. The quantitative estimate of drug-likeness (QED) is 0.719. The molecule has 0 spiro atoms. The zero-order valence-electron chi connectivity index (χ0n) is 14.6. The standard InChI is InChI=1S/C20H18O7/c1-24-20-16(21)17(27-19(23)14-10-6-3-7-11-14)15(26-20)12-25-18(22)13-8-4-2-5-9-13/h2-11,15,17,20H,12H2,1H3/t15-,17-,20-/m1/s1. The minimum Gasteiger partial charge on any atom is -0.459 e. The average Bonchev–Trinajstić information content (AvgIpc) is 3.02. The van der Waals surface area contributed by atoms with Crippen LogP contribution >= 0.6 is 0 Å². The minimum absolute atomic E-state index is 0.258. The van der Waals surface area contributed by atoms with Gasteiger partial charge in [-0.25, -0.2) is 9.59 Å². The molecule has 0 aliphatic carbocycles. The van der Waals surface area contributed by atoms with Crippen molar-refractivity contribution in [3.8, 4) is 0 Å². The smallest absolute Gasteiger partial charge is 0.338 e. The first-order chi connectivity index (χ1) is 13.1. The summed E-state index contributed by atoms with van der Waals surface area (Å²) in [6.45, 7) is -0.258. The van der Waals surface area contributed by atoms with Crippen LogP contribution in [0.15, 0.2) is 60.7 Å². The van der Waals surface area contributed by atoms with E-state index in [9.17, 15) is 14.4 Å². The van der Waals surface area contributed by atoms with Crippen molar-refractivity contribution in [3.63, 3.8) is 0 Å². The maximum atomic E-state index is 12.4. The number of carbonyl (C=O) groups excluding carboxylic acids is 3. The van der Waals surface area contributed by atoms with Crippen LogP contribution in [0.3, 0.4) is 0 Å². The number of Topliss-reactive ketones (excluding diaryl/α,β-unsaturated/α-hetero) is 1. The van der Waals surface area contributed by atoms with Gasteiger partial charge < -0.3 is 18.9 Å². The number of rotatable bonds is 6. The number of hydrogen-bond acceptors (Lipinski definition) is 7. The monoisotopic (exact) mass is 370 g/mol. The second-order valence-electron chi connectivity index (χ2n) is 5.80. The van der Waals surface area contributed by atoms with Crippen LogP contribution in [0.2, 0.25) is 0 Å². The fraction of sp³-hybridized carbons (Fsp3) is 0.250. The SMILES string of the molecule is CO[C@@H]1O[C@H](COC(=O)c2ccccc2)[C@@H](OC(=O)c2ccccc2)C1=O. The highest BCUT2D eigenvalue weighted by atomic mass is 16.7. The zero-order chi connectivity index (χ0) is 19.2. The van der Waals surface area contributed by atoms with Gasteiger partial charge in [0, 0.05) is 7.11 Å². The molecule has 27 heavy (non-hydrogen) atoms. The highest BCUT2D eigenvalue weighted by molar-refractivity contribution is 5.95. The van der Waals surface area contributed by atoms with Crippen molar-refractivity contribution < 1.29 is 33.3 Å². The van der Waals surface area contributed by atoms with Crippen molar-refractivity contribution in [2.75, 3.05) is 13.7 Å². The van der Waals surface area contributed by atoms with Crippen LogP contribution in [0.25, 0.3) is 0 Å². The minimum atomic E-state index is -1.23. The summed E-state index contributed by atoms with van der Waals surface area (Å²) in [5.74, 6) is -1.78. The summed E-state index contributed by atoms with van der Waals surface area (Å²) in [5.41, 5.74) is 0.661. The second-order valence-corrected chi connectivity index (χ2v) is 5.80. The number of ketones is 1. The van der Waals surface area contributed by atoms with E-state index < -0.39 is 36.2 Å². The van der Waals surface area contributed by atoms with Crippen LogP contribution in [0.4, 0.5) is 0 Å². The lowest BCUT2D eigenvalue weighted by Crippen LogP contribution is -2.36. The number of benzene rings is 2. The molecule has 1 heterocycles. The first-order valence-corrected chi connectivity index (χ1v) is 8.30. The van der Waals surface area contributed by atoms with E-state index in [2.05, 4.69) is 0 Å². The molecule has 7 nitrogen and oxygen atoms in total. The van der Waals surface area contributed by atoms with E-state index in [0.29, 0.717) is 11.1 Å². The van der Waals surface area contributed by atoms with Crippen LogP contribution < -0.4 is 0 Å². The number of hydrogen-bond donors (Lipinski definition) is 0. The molecule has 1 aliphatic rings. The summed E-state index contributed by atoms with van der Waals surface area (Å²) in [6.07, 6.45) is -3.37. The van der Waals surface area contributed by atoms with Gasteiger partial charge in [0.15, 0.2) is 6.10 Å². The Kier molecular flexibility index (Phi) is 5.95. The second kappa shape index (κ2) is 8.57. The van der Waals surface area contributed by atoms with Gasteiger partial charge in [0.25, 0.3) is 0 Å². The summed E-state index contributed by atoms with van der Waals surface area (Å²) in [4.78, 5) is 36.7. The molecule has 0 unspecified atom stereocenters. The number of methoxy groups -OCH3 is 1. The Bertz CT molecular complexity index is 804. The van der Waals surface area contributed by atoms with Crippen molar-refractivity contribution in [2.45, 2.75) is 18.5 Å². The van der Waals surface area contributed by atoms with E-state index in [0.717, 1.165) is 0 Å². The van der Waals surface area contributed by atoms with Gasteiger partial charge >= 0.3 is 11.9 Å². The van der Waals surface area contributed by atoms with Crippen LogP contribution in [0.1, 0.15) is 20.7 Å². The van der Waals surface area contributed by atoms with Gasteiger partial charge in [0.2, 0.25) is 12.1 Å². The third-order valence-electron chi connectivity index (χ3n) is 3.99. The number of esters is 2. The highest BCUT2D eigenvalue weighted by Gasteiger charge is 2.47. The third kappa shape index (κ3) is 4.39. The van der Waals surface area contributed by atoms with Gasteiger partial charge in [-0.1, -0.05) is 36.4 Å². The lowest BCUT2D eigenvalue weighted by Gasteiger charge is -2.17. The van der Waals surface area contributed by atoms with E-state index in [1.54, 1.807) is 60.7 Å². The average molecular weight is 370 g/mol. The van der Waals surface area contributed by atoms with E-state index in [1.807, 2.05) is 0 Å². The van der Waals surface area contributed by atoms with Crippen LogP contribution in [-0.4, -0.2) is 49.9 Å². The first kappa shape index (κ1) is 18.8. The van der Waals surface area contributed by atoms with Crippen LogP contribution in [0, 0.1) is 0 Å². The Morgan fingerprint density at radius 1 is 0.926 bits per heavy atom. The molecule has 1 aliphatic heterocycles. The molecule has 0 radical (unpaired) electrons. The normalized spacial score (nSPS) is 21.7. The Labute approximate surface area is 155 Å². The van der Waals surface area contributed by atoms with Crippen molar-refractivity contribution in [1.82, 2.24) is 0 Å². The Morgan fingerprint density at radius 2 is 1.48 bits per heavy atom. The van der Waals surface area contributed by atoms with Crippen molar-refractivity contribution in [3.05, 3.63) is 71.8 Å². The zero-order valence-corrected chi connectivity index (χ0v) is 14.6. The molecule has 1 fully saturated rings. The molecule has 7 heteroatoms. The number of carbonyl (C=O) groups is 3. The fourth-order valence-electron chi connectivity index (χ4n) is 2.62. The predicted molar refractivity (Wildman–Crippen MR) is 93.0 cm³/mol. The Morgan fingerprint density at radius 3 is 2.04 bits per heavy atom. The Balaban J connectivity index is 1.67. The molecule has 3 rings (SSSR count). The summed E-state index contributed by atoms with van der Waals surface area (Å²) < 4.78 is 20.9. The van der Waals surface area contributed by atoms with Gasteiger partial charge in [-0.3, -0.25) is 4.79 Å². The van der Waals surface area contributed by atoms with Crippen molar-refractivity contribution in [1.29, 1.82) is 0 Å². The summed E-state index contributed by atoms with van der Waals surface area (Å²) in [6, 6.07) is 16.7. The number of ether oxygens (including phenoxy) is 4. The molecule has 0 aromatic heterocycles. The van der Waals surface area contributed by atoms with E-state index in [4.69, 9.17) is 18.9 Å². The molecule has 0 amide bonds. The fourth-order valence-corrected chi connectivity index (χ4v) is 2.62. The molecular weight excluding hydrogens is 352 g/mol. The van der Waals surface area contributed by atoms with E-state index >= 15 is 0 Å². The van der Waals surface area contributed by atoms with Crippen molar-refractivity contribution in [2.24, 2.45) is 0 Å². The van der Waals surface area contributed by atoms with Gasteiger partial charge in [0.1, 0.15) is 12.7 Å². The van der Waals surface area contributed by atoms with Gasteiger partial charge in [0.05, 0.1) is 11.1 Å². The first-order valence-electron chi connectivity index (χ1n) is 8.30. The van der Waals surface area contributed by atoms with E-state index in [1.165, 1.54) is 7.11 Å². The maximum Gasteiger partial charge on any atom is 0.338 e. The molecule has 2 aromatic carbocycles. The molecular formula is C20H18O7. The maximum absolute atomic E-state index is 12.4. The molecule has 2 aromatic rings. The topological polar surface area (TPSA) is 88.1 Å². The van der Waals surface area contributed by atoms with Gasteiger partial charge in [-0.2, -0.15) is 0 Å². The molecule has 0 saturated carbocycles. The highest BCUT2D eigenvalue weighted by Crippen LogP contribution is 2.22. The summed E-state index contributed by atoms with van der Waals surface area (Å²) in [5, 5.41) is 0. The van der Waals surface area contributed by atoms with Gasteiger partial charge in [-0.05, 0) is 24.3 Å². The third-order valence-corrected chi connectivity index (χ3v) is 3.99. The largest absolute Gasteiger partial charge is 0.459 e. The molecule has 0 bridgehead atoms. The summed E-state index contributed by atoms with van der Waals surface area (Å²) in [7, 11) is 1.30. The molecule has 1 saturated heterocycles. The Hall–Kier alpha value is -3.03. The van der Waals surface area contributed by atoms with E-state index in [-0.39, 0.29) is 6.61 Å².